The van der Waals surface area contributed by atoms with Crippen molar-refractivity contribution in [1.82, 2.24) is 14.9 Å². The molecule has 2 heterocycles. The summed E-state index contributed by atoms with van der Waals surface area (Å²) in [6, 6.07) is 8.30. The Labute approximate surface area is 103 Å². The van der Waals surface area contributed by atoms with Crippen LogP contribution < -0.4 is 5.32 Å². The third-order valence-electron chi connectivity index (χ3n) is 2.89. The van der Waals surface area contributed by atoms with E-state index < -0.39 is 0 Å². The van der Waals surface area contributed by atoms with Gasteiger partial charge in [0.15, 0.2) is 0 Å². The molecule has 3 nitrogen and oxygen atoms in total. The molecule has 82 valence electrons. The average molecular weight is 278 g/mol. The molecule has 0 atom stereocenters. The molecule has 1 N–H and O–H groups in total. The Hall–Kier alpha value is -1.13. The summed E-state index contributed by atoms with van der Waals surface area (Å²) in [5, 5.41) is 3.38. The fourth-order valence-electron chi connectivity index (χ4n) is 2.04. The molecule has 0 saturated carbocycles. The smallest absolute Gasteiger partial charge is 0.0956 e. The van der Waals surface area contributed by atoms with Gasteiger partial charge in [-0.1, -0.05) is 28.1 Å². The maximum Gasteiger partial charge on any atom is 0.0956 e. The normalized spacial score (nSPS) is 14.8. The number of nitrogens with one attached hydrogen (secondary N) is 1. The second-order valence-corrected chi connectivity index (χ2v) is 4.83. The summed E-state index contributed by atoms with van der Waals surface area (Å²) < 4.78 is 3.33. The lowest BCUT2D eigenvalue weighted by Crippen LogP contribution is -2.27. The van der Waals surface area contributed by atoms with Crippen molar-refractivity contribution in [2.75, 3.05) is 6.54 Å². The van der Waals surface area contributed by atoms with Crippen molar-refractivity contribution in [3.05, 3.63) is 40.8 Å². The van der Waals surface area contributed by atoms with Gasteiger partial charge in [0, 0.05) is 29.7 Å². The van der Waals surface area contributed by atoms with Crippen LogP contribution in [-0.2, 0) is 13.1 Å². The van der Waals surface area contributed by atoms with Gasteiger partial charge in [0.2, 0.25) is 0 Å². The lowest BCUT2D eigenvalue weighted by atomic mass is 10.1. The van der Waals surface area contributed by atoms with Crippen LogP contribution in [-0.4, -0.2) is 16.1 Å². The Bertz CT molecular complexity index is 501. The fourth-order valence-corrected chi connectivity index (χ4v) is 2.31. The van der Waals surface area contributed by atoms with Crippen LogP contribution in [0.1, 0.15) is 5.69 Å². The van der Waals surface area contributed by atoms with Crippen molar-refractivity contribution >= 4 is 15.9 Å². The van der Waals surface area contributed by atoms with E-state index in [9.17, 15) is 0 Å². The van der Waals surface area contributed by atoms with Crippen LogP contribution in [0.5, 0.6) is 0 Å². The van der Waals surface area contributed by atoms with E-state index in [1.54, 1.807) is 0 Å². The van der Waals surface area contributed by atoms with E-state index in [-0.39, 0.29) is 0 Å². The van der Waals surface area contributed by atoms with E-state index in [0.717, 1.165) is 29.8 Å². The molecule has 4 heteroatoms. The summed E-state index contributed by atoms with van der Waals surface area (Å²) in [6.07, 6.45) is 1.94. The average Bonchev–Trinajstić information content (AvgIpc) is 2.74. The van der Waals surface area contributed by atoms with Gasteiger partial charge in [0.25, 0.3) is 0 Å². The second-order valence-electron chi connectivity index (χ2n) is 3.92. The zero-order valence-electron chi connectivity index (χ0n) is 8.78. The van der Waals surface area contributed by atoms with Crippen molar-refractivity contribution < 1.29 is 0 Å². The summed E-state index contributed by atoms with van der Waals surface area (Å²) >= 11 is 3.45. The zero-order chi connectivity index (χ0) is 11.0. The first-order valence-corrected chi connectivity index (χ1v) is 6.14. The van der Waals surface area contributed by atoms with Crippen LogP contribution in [0.3, 0.4) is 0 Å². The zero-order valence-corrected chi connectivity index (χ0v) is 10.4. The first-order valence-electron chi connectivity index (χ1n) is 5.35. The van der Waals surface area contributed by atoms with E-state index in [2.05, 4.69) is 55.1 Å². The van der Waals surface area contributed by atoms with E-state index in [4.69, 9.17) is 0 Å². The molecule has 0 fully saturated rings. The molecule has 3 rings (SSSR count). The van der Waals surface area contributed by atoms with Gasteiger partial charge in [-0.05, 0) is 12.1 Å². The topological polar surface area (TPSA) is 29.9 Å². The minimum atomic E-state index is 0.908. The molecule has 0 spiro atoms. The van der Waals surface area contributed by atoms with Crippen LogP contribution in [0.4, 0.5) is 0 Å². The van der Waals surface area contributed by atoms with Crippen LogP contribution in [0.15, 0.2) is 35.1 Å². The molecule has 0 unspecified atom stereocenters. The van der Waals surface area contributed by atoms with Gasteiger partial charge in [0.05, 0.1) is 17.7 Å². The molecule has 0 amide bonds. The van der Waals surface area contributed by atoms with Gasteiger partial charge < -0.3 is 9.88 Å². The molecule has 16 heavy (non-hydrogen) atoms. The van der Waals surface area contributed by atoms with E-state index in [1.807, 2.05) is 6.33 Å². The van der Waals surface area contributed by atoms with Gasteiger partial charge in [-0.25, -0.2) is 4.98 Å². The quantitative estimate of drug-likeness (QED) is 0.868. The van der Waals surface area contributed by atoms with Crippen LogP contribution in [0.25, 0.3) is 11.3 Å². The van der Waals surface area contributed by atoms with Gasteiger partial charge in [0.1, 0.15) is 0 Å². The molecule has 0 saturated heterocycles. The van der Waals surface area contributed by atoms with Gasteiger partial charge >= 0.3 is 0 Å². The van der Waals surface area contributed by atoms with Crippen molar-refractivity contribution in [1.29, 1.82) is 0 Å². The highest BCUT2D eigenvalue weighted by Gasteiger charge is 2.15. The first-order chi connectivity index (χ1) is 7.84. The number of rotatable bonds is 1. The Morgan fingerprint density at radius 2 is 2.06 bits per heavy atom. The molecule has 1 aromatic carbocycles. The number of hydrogen-bond donors (Lipinski definition) is 1. The minimum absolute atomic E-state index is 0.908. The van der Waals surface area contributed by atoms with E-state index in [0.29, 0.717) is 0 Å². The highest BCUT2D eigenvalue weighted by atomic mass is 79.9. The largest absolute Gasteiger partial charge is 0.332 e. The molecule has 1 aromatic heterocycles. The van der Waals surface area contributed by atoms with Crippen molar-refractivity contribution in [2.24, 2.45) is 0 Å². The molecular weight excluding hydrogens is 266 g/mol. The van der Waals surface area contributed by atoms with Crippen LogP contribution >= 0.6 is 15.9 Å². The maximum absolute atomic E-state index is 4.51. The Morgan fingerprint density at radius 3 is 2.88 bits per heavy atom. The maximum atomic E-state index is 4.51. The molecule has 2 aromatic rings. The van der Waals surface area contributed by atoms with Crippen molar-refractivity contribution in [2.45, 2.75) is 13.1 Å². The van der Waals surface area contributed by atoms with E-state index in [1.165, 1.54) is 11.3 Å². The standard InChI is InChI=1S/C12H12BrN3/c13-10-3-1-9(2-4-10)12-11-7-14-5-6-16(11)8-15-12/h1-4,8,14H,5-7H2. The number of halogens is 1. The Morgan fingerprint density at radius 1 is 1.25 bits per heavy atom. The summed E-state index contributed by atoms with van der Waals surface area (Å²) in [4.78, 5) is 4.51. The molecular formula is C12H12BrN3. The predicted molar refractivity (Wildman–Crippen MR) is 67.1 cm³/mol. The van der Waals surface area contributed by atoms with Crippen LogP contribution in [0, 0.1) is 0 Å². The summed E-state index contributed by atoms with van der Waals surface area (Å²) in [7, 11) is 0. The minimum Gasteiger partial charge on any atom is -0.332 e. The number of aromatic nitrogens is 2. The molecule has 0 aliphatic carbocycles. The van der Waals surface area contributed by atoms with Crippen molar-refractivity contribution in [3.8, 4) is 11.3 Å². The molecule has 1 aliphatic heterocycles. The van der Waals surface area contributed by atoms with Gasteiger partial charge in [-0.3, -0.25) is 0 Å². The number of nitrogens with zero attached hydrogens (tertiary/aromatic N) is 2. The van der Waals surface area contributed by atoms with Gasteiger partial charge in [-0.2, -0.15) is 0 Å². The Kier molecular flexibility index (Phi) is 2.53. The number of benzene rings is 1. The fraction of sp³-hybridized carbons (Fsp3) is 0.250. The number of imidazole rings is 1. The highest BCUT2D eigenvalue weighted by Crippen LogP contribution is 2.24. The monoisotopic (exact) mass is 277 g/mol. The highest BCUT2D eigenvalue weighted by molar-refractivity contribution is 9.10. The predicted octanol–water partition coefficient (Wildman–Crippen LogP) is 2.42. The summed E-state index contributed by atoms with van der Waals surface area (Å²) in [5.41, 5.74) is 3.56. The molecule has 0 bridgehead atoms. The van der Waals surface area contributed by atoms with Crippen molar-refractivity contribution in [3.63, 3.8) is 0 Å². The lowest BCUT2D eigenvalue weighted by Gasteiger charge is -2.16. The SMILES string of the molecule is Brc1ccc(-c2ncn3c2CNCC3)cc1. The van der Waals surface area contributed by atoms with Crippen LogP contribution in [0.2, 0.25) is 0 Å². The summed E-state index contributed by atoms with van der Waals surface area (Å²) in [6.45, 7) is 2.95. The molecule has 0 radical (unpaired) electrons. The first kappa shape index (κ1) is 10.1. The second kappa shape index (κ2) is 4.03. The molecule has 1 aliphatic rings. The summed E-state index contributed by atoms with van der Waals surface area (Å²) in [5.74, 6) is 0. The third kappa shape index (κ3) is 1.68. The number of hydrogen-bond acceptors (Lipinski definition) is 2. The lowest BCUT2D eigenvalue weighted by molar-refractivity contribution is 0.517. The van der Waals surface area contributed by atoms with E-state index >= 15 is 0 Å². The third-order valence-corrected chi connectivity index (χ3v) is 3.41. The Balaban J connectivity index is 2.06. The van der Waals surface area contributed by atoms with Gasteiger partial charge in [-0.15, -0.1) is 0 Å². The number of fused-ring (bicyclic) bond motifs is 1.